The number of aryl methyl sites for hydroxylation is 2. The van der Waals surface area contributed by atoms with Crippen molar-refractivity contribution in [1.82, 2.24) is 19.5 Å². The standard InChI is InChI=1S/C12H16N4O2S2/c1-6-7(2)14-10-9(13-6)11(17)16(12(18)15-10)4-3-8(20)5-19/h8,19-20H,3-5H2,1-2H3,(H,14,15,18). The predicted molar refractivity (Wildman–Crippen MR) is 85.1 cm³/mol. The SMILES string of the molecule is Cc1nc2[nH]c(=O)n(CCC(S)CS)c(=O)c2nc1C. The van der Waals surface area contributed by atoms with Crippen molar-refractivity contribution in [1.29, 1.82) is 0 Å². The normalized spacial score (nSPS) is 12.8. The number of aromatic nitrogens is 4. The van der Waals surface area contributed by atoms with Crippen LogP contribution in [0.5, 0.6) is 0 Å². The van der Waals surface area contributed by atoms with Gasteiger partial charge in [0.05, 0.1) is 11.4 Å². The zero-order valence-corrected chi connectivity index (χ0v) is 13.0. The van der Waals surface area contributed by atoms with Gasteiger partial charge in [0.25, 0.3) is 5.56 Å². The van der Waals surface area contributed by atoms with Crippen molar-refractivity contribution in [2.45, 2.75) is 32.1 Å². The summed E-state index contributed by atoms with van der Waals surface area (Å²) in [5, 5.41) is 0.0335. The Morgan fingerprint density at radius 3 is 2.55 bits per heavy atom. The van der Waals surface area contributed by atoms with Gasteiger partial charge in [0, 0.05) is 17.5 Å². The van der Waals surface area contributed by atoms with E-state index in [1.807, 2.05) is 0 Å². The molecule has 20 heavy (non-hydrogen) atoms. The number of nitrogens with zero attached hydrogens (tertiary/aromatic N) is 3. The highest BCUT2D eigenvalue weighted by molar-refractivity contribution is 7.84. The smallest absolute Gasteiger partial charge is 0.290 e. The topological polar surface area (TPSA) is 80.6 Å². The zero-order chi connectivity index (χ0) is 14.9. The first-order valence-corrected chi connectivity index (χ1v) is 7.36. The summed E-state index contributed by atoms with van der Waals surface area (Å²) in [6.07, 6.45) is 0.583. The van der Waals surface area contributed by atoms with Gasteiger partial charge in [-0.05, 0) is 20.3 Å². The summed E-state index contributed by atoms with van der Waals surface area (Å²) in [6, 6.07) is 0. The molecule has 108 valence electrons. The zero-order valence-electron chi connectivity index (χ0n) is 11.3. The van der Waals surface area contributed by atoms with Gasteiger partial charge in [-0.1, -0.05) is 0 Å². The molecule has 1 N–H and O–H groups in total. The highest BCUT2D eigenvalue weighted by Gasteiger charge is 2.12. The lowest BCUT2D eigenvalue weighted by molar-refractivity contribution is 0.597. The summed E-state index contributed by atoms with van der Waals surface area (Å²) in [4.78, 5) is 35.3. The highest BCUT2D eigenvalue weighted by Crippen LogP contribution is 2.06. The van der Waals surface area contributed by atoms with E-state index in [0.717, 1.165) is 4.57 Å². The molecule has 0 aliphatic rings. The molecule has 2 heterocycles. The first kappa shape index (κ1) is 15.1. The molecule has 6 nitrogen and oxygen atoms in total. The Hall–Kier alpha value is -1.28. The Balaban J connectivity index is 2.54. The van der Waals surface area contributed by atoms with Crippen molar-refractivity contribution in [3.05, 3.63) is 32.2 Å². The molecule has 0 aliphatic heterocycles. The van der Waals surface area contributed by atoms with Crippen LogP contribution in [0, 0.1) is 13.8 Å². The minimum atomic E-state index is -0.472. The number of nitrogens with one attached hydrogen (secondary N) is 1. The molecule has 0 saturated carbocycles. The van der Waals surface area contributed by atoms with Crippen molar-refractivity contribution in [2.75, 3.05) is 5.75 Å². The molecule has 0 saturated heterocycles. The van der Waals surface area contributed by atoms with E-state index in [4.69, 9.17) is 0 Å². The van der Waals surface area contributed by atoms with Crippen molar-refractivity contribution in [3.63, 3.8) is 0 Å². The van der Waals surface area contributed by atoms with Crippen LogP contribution in [0.2, 0.25) is 0 Å². The molecule has 0 aliphatic carbocycles. The molecule has 0 spiro atoms. The first-order chi connectivity index (χ1) is 9.43. The lowest BCUT2D eigenvalue weighted by Crippen LogP contribution is -2.36. The second-order valence-corrected chi connectivity index (χ2v) is 5.70. The van der Waals surface area contributed by atoms with Crippen LogP contribution in [-0.2, 0) is 6.54 Å². The van der Waals surface area contributed by atoms with E-state index in [-0.39, 0.29) is 23.0 Å². The lowest BCUT2D eigenvalue weighted by Gasteiger charge is -2.09. The van der Waals surface area contributed by atoms with Gasteiger partial charge in [-0.25, -0.2) is 14.8 Å². The van der Waals surface area contributed by atoms with E-state index in [9.17, 15) is 9.59 Å². The van der Waals surface area contributed by atoms with Gasteiger partial charge in [-0.3, -0.25) is 14.3 Å². The average Bonchev–Trinajstić information content (AvgIpc) is 2.41. The number of hydrogen-bond donors (Lipinski definition) is 3. The molecule has 0 radical (unpaired) electrons. The Bertz CT molecular complexity index is 753. The first-order valence-electron chi connectivity index (χ1n) is 6.21. The Kier molecular flexibility index (Phi) is 4.54. The van der Waals surface area contributed by atoms with Crippen molar-refractivity contribution in [3.8, 4) is 0 Å². The minimum Gasteiger partial charge on any atom is -0.290 e. The molecular weight excluding hydrogens is 296 g/mol. The van der Waals surface area contributed by atoms with E-state index in [0.29, 0.717) is 23.6 Å². The third-order valence-electron chi connectivity index (χ3n) is 3.12. The van der Waals surface area contributed by atoms with Crippen LogP contribution >= 0.6 is 25.3 Å². The molecule has 1 atom stereocenters. The van der Waals surface area contributed by atoms with E-state index in [1.54, 1.807) is 13.8 Å². The van der Waals surface area contributed by atoms with Gasteiger partial charge >= 0.3 is 5.69 Å². The lowest BCUT2D eigenvalue weighted by atomic mass is 10.3. The van der Waals surface area contributed by atoms with Gasteiger partial charge in [0.15, 0.2) is 11.2 Å². The number of rotatable bonds is 4. The van der Waals surface area contributed by atoms with E-state index in [2.05, 4.69) is 40.2 Å². The molecule has 2 rings (SSSR count). The molecule has 0 bridgehead atoms. The van der Waals surface area contributed by atoms with Gasteiger partial charge < -0.3 is 0 Å². The van der Waals surface area contributed by atoms with Crippen LogP contribution in [0.4, 0.5) is 0 Å². The second-order valence-electron chi connectivity index (χ2n) is 4.60. The third kappa shape index (κ3) is 2.90. The fourth-order valence-corrected chi connectivity index (χ4v) is 2.10. The number of aromatic amines is 1. The van der Waals surface area contributed by atoms with E-state index < -0.39 is 11.2 Å². The maximum Gasteiger partial charge on any atom is 0.330 e. The summed E-state index contributed by atoms with van der Waals surface area (Å²) in [6.45, 7) is 3.85. The fraction of sp³-hybridized carbons (Fsp3) is 0.500. The van der Waals surface area contributed by atoms with Gasteiger partial charge in [0.2, 0.25) is 0 Å². The quantitative estimate of drug-likeness (QED) is 0.727. The molecule has 2 aromatic heterocycles. The van der Waals surface area contributed by atoms with Crippen LogP contribution in [0.3, 0.4) is 0 Å². The fourth-order valence-electron chi connectivity index (χ4n) is 1.80. The summed E-state index contributed by atoms with van der Waals surface area (Å²) in [5.41, 5.74) is 0.899. The van der Waals surface area contributed by atoms with Crippen molar-refractivity contribution >= 4 is 36.4 Å². The number of thiol groups is 2. The molecule has 1 unspecified atom stereocenters. The number of hydrogen-bond acceptors (Lipinski definition) is 6. The molecule has 0 aromatic carbocycles. The van der Waals surface area contributed by atoms with E-state index in [1.165, 1.54) is 0 Å². The highest BCUT2D eigenvalue weighted by atomic mass is 32.1. The Morgan fingerprint density at radius 1 is 1.25 bits per heavy atom. The van der Waals surface area contributed by atoms with Gasteiger partial charge in [-0.15, -0.1) is 0 Å². The summed E-state index contributed by atoms with van der Waals surface area (Å²) >= 11 is 8.43. The molecular formula is C12H16N4O2S2. The van der Waals surface area contributed by atoms with Gasteiger partial charge in [-0.2, -0.15) is 25.3 Å². The van der Waals surface area contributed by atoms with Crippen molar-refractivity contribution < 1.29 is 0 Å². The number of H-pyrrole nitrogens is 1. The Labute approximate surface area is 126 Å². The van der Waals surface area contributed by atoms with Crippen LogP contribution < -0.4 is 11.2 Å². The molecule has 8 heteroatoms. The van der Waals surface area contributed by atoms with Crippen LogP contribution in [0.1, 0.15) is 17.8 Å². The number of fused-ring (bicyclic) bond motifs is 1. The van der Waals surface area contributed by atoms with E-state index >= 15 is 0 Å². The molecule has 2 aromatic rings. The monoisotopic (exact) mass is 312 g/mol. The summed E-state index contributed by atoms with van der Waals surface area (Å²) < 4.78 is 1.14. The maximum atomic E-state index is 12.3. The maximum absolute atomic E-state index is 12.3. The minimum absolute atomic E-state index is 0.0335. The second kappa shape index (κ2) is 6.01. The summed E-state index contributed by atoms with van der Waals surface area (Å²) in [7, 11) is 0. The summed E-state index contributed by atoms with van der Waals surface area (Å²) in [5.74, 6) is 0.585. The van der Waals surface area contributed by atoms with Crippen molar-refractivity contribution in [2.24, 2.45) is 0 Å². The third-order valence-corrected chi connectivity index (χ3v) is 4.29. The van der Waals surface area contributed by atoms with Crippen LogP contribution in [0.25, 0.3) is 11.2 Å². The predicted octanol–water partition coefficient (Wildman–Crippen LogP) is 0.715. The average molecular weight is 312 g/mol. The van der Waals surface area contributed by atoms with Gasteiger partial charge in [0.1, 0.15) is 0 Å². The molecule has 0 fully saturated rings. The van der Waals surface area contributed by atoms with Crippen LogP contribution in [-0.4, -0.2) is 30.5 Å². The molecule has 0 amide bonds. The van der Waals surface area contributed by atoms with Crippen LogP contribution in [0.15, 0.2) is 9.59 Å². The Morgan fingerprint density at radius 2 is 1.90 bits per heavy atom. The largest absolute Gasteiger partial charge is 0.330 e.